The van der Waals surface area contributed by atoms with E-state index in [4.69, 9.17) is 4.74 Å². The molecule has 0 saturated heterocycles. The summed E-state index contributed by atoms with van der Waals surface area (Å²) in [7, 11) is 0. The Morgan fingerprint density at radius 3 is 2.87 bits per heavy atom. The summed E-state index contributed by atoms with van der Waals surface area (Å²) in [6, 6.07) is 12.3. The molecule has 10 heteroatoms. The zero-order valence-corrected chi connectivity index (χ0v) is 15.8. The number of fused-ring (bicyclic) bond motifs is 2. The summed E-state index contributed by atoms with van der Waals surface area (Å²) < 4.78 is 7.62. The third-order valence-electron chi connectivity index (χ3n) is 4.81. The molecule has 2 aromatic carbocycles. The summed E-state index contributed by atoms with van der Waals surface area (Å²) in [4.78, 5) is 21.2. The van der Waals surface area contributed by atoms with Gasteiger partial charge in [0.2, 0.25) is 5.88 Å². The molecule has 148 valence electrons. The Kier molecular flexibility index (Phi) is 4.09. The van der Waals surface area contributed by atoms with E-state index in [1.807, 2.05) is 30.0 Å². The van der Waals surface area contributed by atoms with E-state index in [2.05, 4.69) is 20.2 Å². The average molecular weight is 401 g/mol. The first kappa shape index (κ1) is 17.7. The van der Waals surface area contributed by atoms with Crippen LogP contribution in [0.3, 0.4) is 0 Å². The van der Waals surface area contributed by atoms with Gasteiger partial charge in [-0.1, -0.05) is 0 Å². The lowest BCUT2D eigenvalue weighted by Gasteiger charge is -2.28. The summed E-state index contributed by atoms with van der Waals surface area (Å²) in [6.07, 6.45) is 4.82. The molecule has 0 amide bonds. The van der Waals surface area contributed by atoms with E-state index in [-0.39, 0.29) is 5.69 Å². The number of aromatic nitrogens is 4. The highest BCUT2D eigenvalue weighted by Gasteiger charge is 2.19. The summed E-state index contributed by atoms with van der Waals surface area (Å²) >= 11 is 0. The van der Waals surface area contributed by atoms with Crippen molar-refractivity contribution in [1.82, 2.24) is 19.6 Å². The molecule has 10 nitrogen and oxygen atoms in total. The van der Waals surface area contributed by atoms with Crippen molar-refractivity contribution in [2.75, 3.05) is 11.6 Å². The second-order valence-corrected chi connectivity index (χ2v) is 6.76. The van der Waals surface area contributed by atoms with Crippen molar-refractivity contribution in [3.63, 3.8) is 0 Å². The predicted molar refractivity (Wildman–Crippen MR) is 110 cm³/mol. The van der Waals surface area contributed by atoms with Crippen LogP contribution in [0.1, 0.15) is 11.1 Å². The fourth-order valence-corrected chi connectivity index (χ4v) is 3.32. The van der Waals surface area contributed by atoms with Crippen LogP contribution in [-0.4, -0.2) is 37.4 Å². The van der Waals surface area contributed by atoms with Crippen LogP contribution in [-0.2, 0) is 0 Å². The van der Waals surface area contributed by atoms with Gasteiger partial charge in [0.25, 0.3) is 5.69 Å². The molecular weight excluding hydrogens is 386 g/mol. The van der Waals surface area contributed by atoms with Gasteiger partial charge in [-0.3, -0.25) is 19.5 Å². The van der Waals surface area contributed by atoms with E-state index in [9.17, 15) is 10.1 Å². The first-order valence-electron chi connectivity index (χ1n) is 9.08. The number of rotatable bonds is 4. The lowest BCUT2D eigenvalue weighted by molar-refractivity contribution is -0.384. The van der Waals surface area contributed by atoms with Crippen LogP contribution in [0.5, 0.6) is 11.6 Å². The number of benzene rings is 2. The Labute approximate surface area is 170 Å². The molecule has 0 unspecified atom stereocenters. The summed E-state index contributed by atoms with van der Waals surface area (Å²) in [6.45, 7) is 2.37. The van der Waals surface area contributed by atoms with Crippen molar-refractivity contribution >= 4 is 28.9 Å². The minimum Gasteiger partial charge on any atom is -0.439 e. The first-order chi connectivity index (χ1) is 14.6. The summed E-state index contributed by atoms with van der Waals surface area (Å²) in [5, 5.41) is 18.9. The monoisotopic (exact) mass is 401 g/mol. The molecule has 0 radical (unpaired) electrons. The Morgan fingerprint density at radius 2 is 2.03 bits per heavy atom. The number of non-ortho nitro benzene ring substituents is 1. The third kappa shape index (κ3) is 3.09. The molecule has 5 rings (SSSR count). The number of nitrogens with zero attached hydrogens (tertiary/aromatic N) is 7. The Bertz CT molecular complexity index is 1320. The normalized spacial score (nSPS) is 12.8. The average Bonchev–Trinajstić information content (AvgIpc) is 3.22. The van der Waals surface area contributed by atoms with Gasteiger partial charge in [-0.25, -0.2) is 4.98 Å². The van der Waals surface area contributed by atoms with Crippen LogP contribution in [0, 0.1) is 17.0 Å². The van der Waals surface area contributed by atoms with Gasteiger partial charge in [0, 0.05) is 35.7 Å². The van der Waals surface area contributed by atoms with Gasteiger partial charge in [-0.05, 0) is 36.8 Å². The molecule has 4 aromatic rings. The van der Waals surface area contributed by atoms with E-state index in [0.29, 0.717) is 29.5 Å². The van der Waals surface area contributed by atoms with Crippen molar-refractivity contribution in [1.29, 1.82) is 0 Å². The largest absolute Gasteiger partial charge is 0.439 e. The molecule has 0 N–H and O–H groups in total. The standard InChI is InChI=1S/C20H15N7O3/c1-13-6-15(26-10-21-9-14-7-16(27(28)29)2-4-17(14)26)3-5-18(13)30-20-8-19-24-23-12-25(19)11-22-20/h2-9,11-12H,10H2,1H3. The van der Waals surface area contributed by atoms with E-state index in [1.54, 1.807) is 35.4 Å². The number of nitro benzene ring substituents is 1. The van der Waals surface area contributed by atoms with Gasteiger partial charge in [-0.2, -0.15) is 0 Å². The molecule has 1 aliphatic rings. The maximum absolute atomic E-state index is 11.0. The number of hydrogen-bond donors (Lipinski definition) is 0. The number of anilines is 2. The number of ether oxygens (including phenoxy) is 1. The van der Waals surface area contributed by atoms with Gasteiger partial charge >= 0.3 is 0 Å². The first-order valence-corrected chi connectivity index (χ1v) is 9.08. The van der Waals surface area contributed by atoms with Gasteiger partial charge in [0.05, 0.1) is 10.6 Å². The van der Waals surface area contributed by atoms with Crippen molar-refractivity contribution in [2.24, 2.45) is 4.99 Å². The molecule has 3 heterocycles. The van der Waals surface area contributed by atoms with Crippen LogP contribution >= 0.6 is 0 Å². The van der Waals surface area contributed by atoms with Crippen molar-refractivity contribution in [3.05, 3.63) is 76.4 Å². The fraction of sp³-hybridized carbons (Fsp3) is 0.100. The molecule has 1 aliphatic heterocycles. The number of nitro groups is 1. The molecule has 0 aliphatic carbocycles. The second kappa shape index (κ2) is 6.92. The SMILES string of the molecule is Cc1cc(N2CN=Cc3cc([N+](=O)[O-])ccc32)ccc1Oc1cc2nncn2cn1. The molecule has 0 bridgehead atoms. The highest BCUT2D eigenvalue weighted by Crippen LogP contribution is 2.35. The molecule has 30 heavy (non-hydrogen) atoms. The van der Waals surface area contributed by atoms with Gasteiger partial charge in [0.1, 0.15) is 25.1 Å². The topological polar surface area (TPSA) is 111 Å². The van der Waals surface area contributed by atoms with Crippen LogP contribution < -0.4 is 9.64 Å². The minimum absolute atomic E-state index is 0.0409. The Hall–Kier alpha value is -4.34. The van der Waals surface area contributed by atoms with E-state index >= 15 is 0 Å². The number of aliphatic imine (C=N–C) groups is 1. The van der Waals surface area contributed by atoms with E-state index in [0.717, 1.165) is 16.9 Å². The quantitative estimate of drug-likeness (QED) is 0.379. The molecular formula is C20H15N7O3. The third-order valence-corrected chi connectivity index (χ3v) is 4.81. The van der Waals surface area contributed by atoms with Gasteiger partial charge in [0.15, 0.2) is 5.65 Å². The molecule has 0 saturated carbocycles. The maximum Gasteiger partial charge on any atom is 0.270 e. The number of aryl methyl sites for hydroxylation is 1. The zero-order valence-electron chi connectivity index (χ0n) is 15.8. The predicted octanol–water partition coefficient (Wildman–Crippen LogP) is 3.66. The molecule has 2 aromatic heterocycles. The molecule has 0 atom stereocenters. The fourth-order valence-electron chi connectivity index (χ4n) is 3.32. The number of hydrogen-bond acceptors (Lipinski definition) is 8. The van der Waals surface area contributed by atoms with Crippen LogP contribution in [0.25, 0.3) is 5.65 Å². The van der Waals surface area contributed by atoms with Crippen LogP contribution in [0.4, 0.5) is 17.1 Å². The van der Waals surface area contributed by atoms with Crippen molar-refractivity contribution < 1.29 is 9.66 Å². The van der Waals surface area contributed by atoms with E-state index < -0.39 is 4.92 Å². The van der Waals surface area contributed by atoms with Crippen molar-refractivity contribution in [3.8, 4) is 11.6 Å². The minimum atomic E-state index is -0.408. The van der Waals surface area contributed by atoms with Crippen LogP contribution in [0.2, 0.25) is 0 Å². The summed E-state index contributed by atoms with van der Waals surface area (Å²) in [5.41, 5.74) is 4.08. The highest BCUT2D eigenvalue weighted by atomic mass is 16.6. The van der Waals surface area contributed by atoms with Gasteiger partial charge < -0.3 is 9.64 Å². The van der Waals surface area contributed by atoms with E-state index in [1.165, 1.54) is 12.1 Å². The summed E-state index contributed by atoms with van der Waals surface area (Å²) in [5.74, 6) is 1.09. The second-order valence-electron chi connectivity index (χ2n) is 6.76. The zero-order chi connectivity index (χ0) is 20.7. The lowest BCUT2D eigenvalue weighted by atomic mass is 10.1. The Morgan fingerprint density at radius 1 is 1.13 bits per heavy atom. The molecule has 0 fully saturated rings. The smallest absolute Gasteiger partial charge is 0.270 e. The van der Waals surface area contributed by atoms with Gasteiger partial charge in [-0.15, -0.1) is 10.2 Å². The molecule has 0 spiro atoms. The maximum atomic E-state index is 11.0. The highest BCUT2D eigenvalue weighted by molar-refractivity contribution is 5.93. The lowest BCUT2D eigenvalue weighted by Crippen LogP contribution is -2.22. The Balaban J connectivity index is 1.43. The van der Waals surface area contributed by atoms with Crippen LogP contribution in [0.15, 0.2) is 60.1 Å². The van der Waals surface area contributed by atoms with Crippen molar-refractivity contribution in [2.45, 2.75) is 6.92 Å².